The second kappa shape index (κ2) is 5.34. The molecule has 1 aromatic rings. The van der Waals surface area contributed by atoms with Crippen LogP contribution in [0.25, 0.3) is 0 Å². The number of methoxy groups -OCH3 is 1. The molecule has 0 saturated carbocycles. The molecular formula is C9H8F2N2O5. The van der Waals surface area contributed by atoms with Crippen LogP contribution < -0.4 is 4.74 Å². The van der Waals surface area contributed by atoms with Crippen LogP contribution in [0.2, 0.25) is 0 Å². The molecule has 0 aliphatic rings. The Balaban J connectivity index is 3.49. The molecule has 0 atom stereocenters. The standard InChI is InChI=1S/C9H8F2N2O5/c1-18-5-2-4(3-6(14)15)7(8(10)11)9(12-5)13(16)17/h2,8H,3H2,1H3,(H,14,15). The van der Waals surface area contributed by atoms with E-state index >= 15 is 0 Å². The number of rotatable bonds is 5. The Morgan fingerprint density at radius 1 is 1.67 bits per heavy atom. The quantitative estimate of drug-likeness (QED) is 0.638. The van der Waals surface area contributed by atoms with Crippen molar-refractivity contribution < 1.29 is 28.3 Å². The van der Waals surface area contributed by atoms with Crippen molar-refractivity contribution >= 4 is 11.8 Å². The molecule has 18 heavy (non-hydrogen) atoms. The molecule has 1 N–H and O–H groups in total. The number of carbonyl (C=O) groups is 1. The fourth-order valence-corrected chi connectivity index (χ4v) is 1.36. The number of nitrogens with zero attached hydrogens (tertiary/aromatic N) is 2. The van der Waals surface area contributed by atoms with E-state index in [9.17, 15) is 23.7 Å². The summed E-state index contributed by atoms with van der Waals surface area (Å²) in [6, 6.07) is 0.947. The molecule has 0 bridgehead atoms. The van der Waals surface area contributed by atoms with Crippen molar-refractivity contribution in [3.05, 3.63) is 27.3 Å². The lowest BCUT2D eigenvalue weighted by molar-refractivity contribution is -0.391. The van der Waals surface area contributed by atoms with Gasteiger partial charge in [0.15, 0.2) is 0 Å². The summed E-state index contributed by atoms with van der Waals surface area (Å²) >= 11 is 0. The van der Waals surface area contributed by atoms with Gasteiger partial charge in [-0.25, -0.2) is 8.78 Å². The van der Waals surface area contributed by atoms with Gasteiger partial charge in [0.25, 0.3) is 6.43 Å². The van der Waals surface area contributed by atoms with E-state index in [-0.39, 0.29) is 5.88 Å². The van der Waals surface area contributed by atoms with E-state index in [0.717, 1.165) is 13.2 Å². The highest BCUT2D eigenvalue weighted by Gasteiger charge is 2.30. The molecule has 0 amide bonds. The number of carboxylic acid groups (broad SMARTS) is 1. The van der Waals surface area contributed by atoms with E-state index in [4.69, 9.17) is 5.11 Å². The Hall–Kier alpha value is -2.32. The molecule has 1 rings (SSSR count). The van der Waals surface area contributed by atoms with Gasteiger partial charge in [0, 0.05) is 11.1 Å². The first kappa shape index (κ1) is 13.7. The Bertz CT molecular complexity index is 492. The molecule has 1 heterocycles. The first-order valence-corrected chi connectivity index (χ1v) is 4.59. The summed E-state index contributed by atoms with van der Waals surface area (Å²) in [5.41, 5.74) is -1.39. The van der Waals surface area contributed by atoms with E-state index in [1.165, 1.54) is 0 Å². The molecule has 1 aromatic heterocycles. The summed E-state index contributed by atoms with van der Waals surface area (Å²) in [6.07, 6.45) is -3.97. The van der Waals surface area contributed by atoms with Crippen LogP contribution in [-0.2, 0) is 11.2 Å². The fourth-order valence-electron chi connectivity index (χ4n) is 1.36. The summed E-state index contributed by atoms with van der Waals surface area (Å²) in [4.78, 5) is 23.4. The van der Waals surface area contributed by atoms with Crippen molar-refractivity contribution in [1.29, 1.82) is 0 Å². The third kappa shape index (κ3) is 2.87. The number of aliphatic carboxylic acids is 1. The zero-order valence-corrected chi connectivity index (χ0v) is 9.09. The average molecular weight is 262 g/mol. The first-order valence-electron chi connectivity index (χ1n) is 4.59. The van der Waals surface area contributed by atoms with Crippen LogP contribution in [0.4, 0.5) is 14.6 Å². The Morgan fingerprint density at radius 3 is 2.67 bits per heavy atom. The summed E-state index contributed by atoms with van der Waals surface area (Å²) in [5.74, 6) is -2.78. The zero-order valence-electron chi connectivity index (χ0n) is 9.09. The maximum absolute atomic E-state index is 12.8. The van der Waals surface area contributed by atoms with Gasteiger partial charge in [-0.1, -0.05) is 0 Å². The van der Waals surface area contributed by atoms with Crippen LogP contribution in [0, 0.1) is 10.1 Å². The highest BCUT2D eigenvalue weighted by molar-refractivity contribution is 5.71. The maximum atomic E-state index is 12.8. The predicted molar refractivity (Wildman–Crippen MR) is 53.7 cm³/mol. The third-order valence-electron chi connectivity index (χ3n) is 2.04. The maximum Gasteiger partial charge on any atom is 0.376 e. The van der Waals surface area contributed by atoms with Crippen molar-refractivity contribution in [2.75, 3.05) is 7.11 Å². The smallest absolute Gasteiger partial charge is 0.376 e. The Morgan fingerprint density at radius 2 is 2.28 bits per heavy atom. The first-order chi connectivity index (χ1) is 8.36. The van der Waals surface area contributed by atoms with Crippen molar-refractivity contribution in [2.24, 2.45) is 0 Å². The Labute approximate surface area is 99.2 Å². The van der Waals surface area contributed by atoms with Gasteiger partial charge in [0.05, 0.1) is 13.5 Å². The van der Waals surface area contributed by atoms with Crippen LogP contribution in [-0.4, -0.2) is 28.1 Å². The normalized spacial score (nSPS) is 10.4. The van der Waals surface area contributed by atoms with Gasteiger partial charge < -0.3 is 20.0 Å². The minimum Gasteiger partial charge on any atom is -0.481 e. The molecule has 0 aromatic carbocycles. The predicted octanol–water partition coefficient (Wildman–Crippen LogP) is 1.56. The van der Waals surface area contributed by atoms with Gasteiger partial charge in [-0.15, -0.1) is 0 Å². The van der Waals surface area contributed by atoms with Crippen molar-refractivity contribution in [3.63, 3.8) is 0 Å². The van der Waals surface area contributed by atoms with Crippen molar-refractivity contribution in [2.45, 2.75) is 12.8 Å². The number of aromatic nitrogens is 1. The van der Waals surface area contributed by atoms with Crippen molar-refractivity contribution in [1.82, 2.24) is 4.98 Å². The van der Waals surface area contributed by atoms with Crippen LogP contribution in [0.15, 0.2) is 6.07 Å². The highest BCUT2D eigenvalue weighted by atomic mass is 19.3. The van der Waals surface area contributed by atoms with Gasteiger partial charge in [-0.05, 0) is 10.5 Å². The number of hydrogen-bond donors (Lipinski definition) is 1. The van der Waals surface area contributed by atoms with Gasteiger partial charge in [0.1, 0.15) is 5.56 Å². The number of hydrogen-bond acceptors (Lipinski definition) is 5. The fraction of sp³-hybridized carbons (Fsp3) is 0.333. The molecule has 0 aliphatic carbocycles. The zero-order chi connectivity index (χ0) is 13.9. The SMILES string of the molecule is COc1cc(CC(=O)O)c(C(F)F)c([N+](=O)[O-])n1. The van der Waals surface area contributed by atoms with E-state index < -0.39 is 40.7 Å². The van der Waals surface area contributed by atoms with E-state index in [0.29, 0.717) is 0 Å². The lowest BCUT2D eigenvalue weighted by Crippen LogP contribution is -2.09. The van der Waals surface area contributed by atoms with Gasteiger partial charge in [-0.2, -0.15) is 0 Å². The van der Waals surface area contributed by atoms with E-state index in [1.807, 2.05) is 0 Å². The minimum absolute atomic E-state index is 0.289. The van der Waals surface area contributed by atoms with Crippen LogP contribution in [0.1, 0.15) is 17.6 Å². The number of pyridine rings is 1. The Kier molecular flexibility index (Phi) is 4.08. The summed E-state index contributed by atoms with van der Waals surface area (Å²) in [7, 11) is 1.14. The second-order valence-electron chi connectivity index (χ2n) is 3.19. The average Bonchev–Trinajstić information content (AvgIpc) is 2.26. The van der Waals surface area contributed by atoms with Gasteiger partial charge in [0.2, 0.25) is 0 Å². The second-order valence-corrected chi connectivity index (χ2v) is 3.19. The van der Waals surface area contributed by atoms with Crippen molar-refractivity contribution in [3.8, 4) is 5.88 Å². The van der Waals surface area contributed by atoms with Gasteiger partial charge >= 0.3 is 17.7 Å². The molecule has 0 radical (unpaired) electrons. The molecule has 0 aliphatic heterocycles. The minimum atomic E-state index is -3.20. The summed E-state index contributed by atoms with van der Waals surface area (Å²) < 4.78 is 30.1. The van der Waals surface area contributed by atoms with E-state index in [2.05, 4.69) is 9.72 Å². The van der Waals surface area contributed by atoms with Crippen LogP contribution in [0.3, 0.4) is 0 Å². The highest BCUT2D eigenvalue weighted by Crippen LogP contribution is 2.33. The molecule has 0 fully saturated rings. The monoisotopic (exact) mass is 262 g/mol. The topological polar surface area (TPSA) is 103 Å². The number of halogens is 2. The molecule has 0 unspecified atom stereocenters. The summed E-state index contributed by atoms with van der Waals surface area (Å²) in [5, 5.41) is 19.2. The lowest BCUT2D eigenvalue weighted by atomic mass is 10.1. The molecular weight excluding hydrogens is 254 g/mol. The van der Waals surface area contributed by atoms with Gasteiger partial charge in [-0.3, -0.25) is 4.79 Å². The largest absolute Gasteiger partial charge is 0.481 e. The molecule has 7 nitrogen and oxygen atoms in total. The van der Waals surface area contributed by atoms with Crippen LogP contribution in [0.5, 0.6) is 5.88 Å². The number of nitro groups is 1. The lowest BCUT2D eigenvalue weighted by Gasteiger charge is -2.08. The number of carboxylic acids is 1. The van der Waals surface area contributed by atoms with Crippen LogP contribution >= 0.6 is 0 Å². The molecule has 9 heteroatoms. The summed E-state index contributed by atoms with van der Waals surface area (Å²) in [6.45, 7) is 0. The van der Waals surface area contributed by atoms with E-state index in [1.54, 1.807) is 0 Å². The molecule has 0 spiro atoms. The number of alkyl halides is 2. The molecule has 0 saturated heterocycles. The number of ether oxygens (including phenoxy) is 1. The third-order valence-corrected chi connectivity index (χ3v) is 2.04. The molecule has 98 valence electrons.